The smallest absolute Gasteiger partial charge is 0.237 e. The molecule has 0 aromatic rings. The third kappa shape index (κ3) is 2.66. The molecule has 10 aliphatic rings. The lowest BCUT2D eigenvalue weighted by Crippen LogP contribution is -2.70. The Balaban J connectivity index is 1.23. The molecular weight excluding hydrogens is 512 g/mol. The number of nitrogens with zero attached hydrogens (tertiary/aromatic N) is 4. The van der Waals surface area contributed by atoms with E-state index in [1.165, 1.54) is 38.5 Å². The van der Waals surface area contributed by atoms with E-state index in [1.54, 1.807) is 0 Å². The van der Waals surface area contributed by atoms with Gasteiger partial charge in [0.2, 0.25) is 11.8 Å². The van der Waals surface area contributed by atoms with E-state index in [4.69, 9.17) is 24.4 Å². The summed E-state index contributed by atoms with van der Waals surface area (Å²) in [5.74, 6) is 4.31. The average molecular weight is 555 g/mol. The van der Waals surface area contributed by atoms with E-state index in [0.717, 1.165) is 38.5 Å². The highest BCUT2D eigenvalue weighted by Gasteiger charge is 2.76. The van der Waals surface area contributed by atoms with Gasteiger partial charge in [-0.2, -0.15) is 0 Å². The van der Waals surface area contributed by atoms with Crippen LogP contribution in [0.25, 0.3) is 0 Å². The standard InChI is InChI=1S/C30H42N4O2S2/c1-27-28(2,33(25(37)31(27)3)23(35)29-11-17-5-18(12-29)7-19(6-17)13-29)34(26(38)32(27)4)24(36)30-14-20-8-21(15-30)10-22(9-20)16-30/h17-22H,5-16H2,1-4H3. The van der Waals surface area contributed by atoms with Gasteiger partial charge in [0.15, 0.2) is 21.6 Å². The van der Waals surface area contributed by atoms with E-state index in [1.807, 2.05) is 23.9 Å². The highest BCUT2D eigenvalue weighted by atomic mass is 32.1. The molecule has 10 rings (SSSR count). The minimum Gasteiger partial charge on any atom is -0.325 e. The quantitative estimate of drug-likeness (QED) is 0.450. The first-order valence-electron chi connectivity index (χ1n) is 15.2. The van der Waals surface area contributed by atoms with E-state index in [0.29, 0.717) is 45.7 Å². The summed E-state index contributed by atoms with van der Waals surface area (Å²) in [6, 6.07) is 0. The maximum Gasteiger partial charge on any atom is 0.237 e. The van der Waals surface area contributed by atoms with Crippen LogP contribution in [0, 0.1) is 46.3 Å². The minimum absolute atomic E-state index is 0.168. The first-order chi connectivity index (χ1) is 17.9. The van der Waals surface area contributed by atoms with Crippen molar-refractivity contribution in [1.82, 2.24) is 19.6 Å². The van der Waals surface area contributed by atoms with Gasteiger partial charge < -0.3 is 9.80 Å². The zero-order valence-corrected chi connectivity index (χ0v) is 25.0. The van der Waals surface area contributed by atoms with E-state index in [-0.39, 0.29) is 22.6 Å². The van der Waals surface area contributed by atoms with Gasteiger partial charge in [-0.05, 0) is 151 Å². The average Bonchev–Trinajstić information content (AvgIpc) is 3.09. The van der Waals surface area contributed by atoms with E-state index in [2.05, 4.69) is 23.6 Å². The normalized spacial score (nSPS) is 52.0. The van der Waals surface area contributed by atoms with Gasteiger partial charge in [-0.3, -0.25) is 19.4 Å². The Bertz CT molecular complexity index is 1030. The van der Waals surface area contributed by atoms with Crippen LogP contribution in [-0.2, 0) is 9.59 Å². The largest absolute Gasteiger partial charge is 0.325 e. The van der Waals surface area contributed by atoms with Gasteiger partial charge in [-0.15, -0.1) is 0 Å². The Hall–Kier alpha value is -1.28. The number of amides is 2. The zero-order chi connectivity index (χ0) is 26.6. The number of thiocarbonyl (C=S) groups is 2. The van der Waals surface area contributed by atoms with Crippen molar-refractivity contribution in [3.05, 3.63) is 0 Å². The highest BCUT2D eigenvalue weighted by molar-refractivity contribution is 7.80. The van der Waals surface area contributed by atoms with Crippen molar-refractivity contribution in [2.24, 2.45) is 46.3 Å². The molecule has 38 heavy (non-hydrogen) atoms. The third-order valence-electron chi connectivity index (χ3n) is 13.4. The zero-order valence-electron chi connectivity index (χ0n) is 23.4. The molecule has 8 saturated carbocycles. The molecule has 8 aliphatic carbocycles. The predicted octanol–water partition coefficient (Wildman–Crippen LogP) is 4.97. The lowest BCUT2D eigenvalue weighted by Gasteiger charge is -2.59. The summed E-state index contributed by atoms with van der Waals surface area (Å²) < 4.78 is 0. The molecule has 0 aromatic carbocycles. The van der Waals surface area contributed by atoms with Crippen molar-refractivity contribution in [3.8, 4) is 0 Å². The highest BCUT2D eigenvalue weighted by Crippen LogP contribution is 2.64. The Morgan fingerprint density at radius 3 is 1.11 bits per heavy atom. The number of likely N-dealkylation sites (N-methyl/N-ethyl adjacent to an activating group) is 2. The monoisotopic (exact) mass is 554 g/mol. The third-order valence-corrected chi connectivity index (χ3v) is 14.3. The van der Waals surface area contributed by atoms with Crippen LogP contribution in [-0.4, -0.2) is 67.1 Å². The van der Waals surface area contributed by atoms with Crippen molar-refractivity contribution < 1.29 is 9.59 Å². The van der Waals surface area contributed by atoms with Crippen LogP contribution in [0.1, 0.15) is 90.9 Å². The van der Waals surface area contributed by atoms with Gasteiger partial charge in [0, 0.05) is 14.1 Å². The number of rotatable bonds is 2. The van der Waals surface area contributed by atoms with E-state index < -0.39 is 11.3 Å². The number of carbonyl (C=O) groups is 2. The Kier molecular flexibility index (Phi) is 4.72. The molecule has 2 amide bonds. The molecule has 0 N–H and O–H groups in total. The molecule has 206 valence electrons. The van der Waals surface area contributed by atoms with Crippen molar-refractivity contribution in [2.75, 3.05) is 14.1 Å². The fourth-order valence-corrected chi connectivity index (χ4v) is 13.1. The summed E-state index contributed by atoms with van der Waals surface area (Å²) in [6.07, 6.45) is 13.6. The molecule has 0 radical (unpaired) electrons. The van der Waals surface area contributed by atoms with Crippen LogP contribution in [0.3, 0.4) is 0 Å². The molecule has 2 saturated heterocycles. The Morgan fingerprint density at radius 2 is 0.842 bits per heavy atom. The number of fused-ring (bicyclic) bond motifs is 1. The van der Waals surface area contributed by atoms with Gasteiger partial charge in [-0.1, -0.05) is 0 Å². The van der Waals surface area contributed by atoms with Crippen LogP contribution in [0.15, 0.2) is 0 Å². The molecule has 0 spiro atoms. The maximum atomic E-state index is 15.0. The van der Waals surface area contributed by atoms with Gasteiger partial charge in [0.25, 0.3) is 0 Å². The summed E-state index contributed by atoms with van der Waals surface area (Å²) in [7, 11) is 3.98. The van der Waals surface area contributed by atoms with Crippen molar-refractivity contribution >= 4 is 46.5 Å². The van der Waals surface area contributed by atoms with Crippen molar-refractivity contribution in [3.63, 3.8) is 0 Å². The minimum atomic E-state index is -0.967. The molecule has 0 aromatic heterocycles. The SMILES string of the molecule is CN1C(=S)N(C(=O)C23CC4CC(CC(C4)C2)C3)C2(C)N(C(=O)C34CC5CC(CC(C5)C3)C4)C(=S)N(C)C12C. The molecule has 8 bridgehead atoms. The first-order valence-corrected chi connectivity index (χ1v) is 16.0. The van der Waals surface area contributed by atoms with Crippen molar-refractivity contribution in [2.45, 2.75) is 102 Å². The van der Waals surface area contributed by atoms with Crippen LogP contribution in [0.4, 0.5) is 0 Å². The van der Waals surface area contributed by atoms with Gasteiger partial charge in [0.05, 0.1) is 10.8 Å². The second-order valence-electron chi connectivity index (χ2n) is 15.4. The Morgan fingerprint density at radius 1 is 0.579 bits per heavy atom. The molecular formula is C30H42N4O2S2. The van der Waals surface area contributed by atoms with E-state index >= 15 is 0 Å². The van der Waals surface area contributed by atoms with Crippen LogP contribution in [0.5, 0.6) is 0 Å². The molecule has 2 heterocycles. The lowest BCUT2D eigenvalue weighted by atomic mass is 9.49. The van der Waals surface area contributed by atoms with Gasteiger partial charge >= 0.3 is 0 Å². The summed E-state index contributed by atoms with van der Waals surface area (Å²) in [6.45, 7) is 4.22. The lowest BCUT2D eigenvalue weighted by molar-refractivity contribution is -0.173. The molecule has 0 atom stereocenters. The molecule has 6 nitrogen and oxygen atoms in total. The van der Waals surface area contributed by atoms with Gasteiger partial charge in [0.1, 0.15) is 0 Å². The Labute approximate surface area is 237 Å². The van der Waals surface area contributed by atoms with Crippen molar-refractivity contribution in [1.29, 1.82) is 0 Å². The summed E-state index contributed by atoms with van der Waals surface area (Å²) in [5, 5.41) is 1.10. The van der Waals surface area contributed by atoms with Gasteiger partial charge in [-0.25, -0.2) is 0 Å². The fourth-order valence-electron chi connectivity index (χ4n) is 12.2. The fraction of sp³-hybridized carbons (Fsp3) is 0.867. The number of carbonyl (C=O) groups excluding carboxylic acids is 2. The van der Waals surface area contributed by atoms with Crippen LogP contribution < -0.4 is 0 Å². The topological polar surface area (TPSA) is 47.1 Å². The number of hydrogen-bond acceptors (Lipinski definition) is 4. The maximum absolute atomic E-state index is 15.0. The van der Waals surface area contributed by atoms with E-state index in [9.17, 15) is 9.59 Å². The molecule has 10 fully saturated rings. The predicted molar refractivity (Wildman–Crippen MR) is 152 cm³/mol. The van der Waals surface area contributed by atoms with Crippen LogP contribution >= 0.6 is 24.4 Å². The number of hydrogen-bond donors (Lipinski definition) is 0. The summed E-state index contributed by atoms with van der Waals surface area (Å²) in [5.41, 5.74) is -2.36. The first kappa shape index (κ1) is 24.5. The molecule has 8 heteroatoms. The molecule has 2 aliphatic heterocycles. The molecule has 0 unspecified atom stereocenters. The summed E-state index contributed by atoms with van der Waals surface area (Å²) in [4.78, 5) is 37.9. The second-order valence-corrected chi connectivity index (χ2v) is 16.1. The second kappa shape index (κ2) is 7.32. The van der Waals surface area contributed by atoms with Crippen LogP contribution in [0.2, 0.25) is 0 Å². The summed E-state index contributed by atoms with van der Waals surface area (Å²) >= 11 is 12.2.